The highest BCUT2D eigenvalue weighted by atomic mass is 16.5. The van der Waals surface area contributed by atoms with Crippen LogP contribution < -0.4 is 10.3 Å². The first-order valence-electron chi connectivity index (χ1n) is 16.2. The Balaban J connectivity index is 1.38. The molecule has 10 nitrogen and oxygen atoms in total. The standard InChI is InChI=1S/C34H43N3O7/c1-21-14-15-25-27(17-21)35-34-36(31(25)39)16-7-3-4-11-23-12-8-13-29(23)44-30(38)19-26(22-9-5-6-10-22)32(40)37-20-24(43-34)18-28(37)33(41)42-2/h3,7,14-15,17,22-24,26,28-29H,4-6,8-13,16,18-20H2,1-2H3/b7-3+/t23-,24-,26+,28+,29-/m1/s1. The maximum absolute atomic E-state index is 14.3. The van der Waals surface area contributed by atoms with Crippen LogP contribution >= 0.6 is 0 Å². The van der Waals surface area contributed by atoms with Crippen molar-refractivity contribution in [1.29, 1.82) is 0 Å². The van der Waals surface area contributed by atoms with Crippen molar-refractivity contribution in [2.45, 2.75) is 102 Å². The number of hydrogen-bond donors (Lipinski definition) is 0. The molecule has 0 unspecified atom stereocenters. The lowest BCUT2D eigenvalue weighted by Gasteiger charge is -2.30. The van der Waals surface area contributed by atoms with E-state index in [-0.39, 0.29) is 67.3 Å². The molecule has 5 atom stereocenters. The number of methoxy groups -OCH3 is 1. The number of allylic oxidation sites excluding steroid dienone is 2. The van der Waals surface area contributed by atoms with E-state index in [2.05, 4.69) is 6.08 Å². The molecule has 1 saturated heterocycles. The fourth-order valence-electron chi connectivity index (χ4n) is 7.72. The van der Waals surface area contributed by atoms with Gasteiger partial charge in [0.25, 0.3) is 11.6 Å². The summed E-state index contributed by atoms with van der Waals surface area (Å²) in [6.07, 6.45) is 11.7. The van der Waals surface area contributed by atoms with Crippen molar-refractivity contribution in [3.63, 3.8) is 0 Å². The molecule has 0 N–H and O–H groups in total. The van der Waals surface area contributed by atoms with Gasteiger partial charge in [-0.2, -0.15) is 4.98 Å². The minimum Gasteiger partial charge on any atom is -0.467 e. The van der Waals surface area contributed by atoms with Gasteiger partial charge in [0.15, 0.2) is 0 Å². The monoisotopic (exact) mass is 605 g/mol. The average molecular weight is 606 g/mol. The van der Waals surface area contributed by atoms with Gasteiger partial charge < -0.3 is 19.1 Å². The van der Waals surface area contributed by atoms with Crippen molar-refractivity contribution in [1.82, 2.24) is 14.5 Å². The van der Waals surface area contributed by atoms with Crippen LogP contribution in [0.1, 0.15) is 76.2 Å². The molecular formula is C34H43N3O7. The van der Waals surface area contributed by atoms with E-state index in [1.807, 2.05) is 25.1 Å². The Bertz CT molecular complexity index is 1490. The Kier molecular flexibility index (Phi) is 9.05. The third-order valence-electron chi connectivity index (χ3n) is 10.1. The predicted molar refractivity (Wildman–Crippen MR) is 163 cm³/mol. The Morgan fingerprint density at radius 1 is 0.977 bits per heavy atom. The molecule has 2 bridgehead atoms. The summed E-state index contributed by atoms with van der Waals surface area (Å²) in [6.45, 7) is 2.34. The van der Waals surface area contributed by atoms with Crippen molar-refractivity contribution >= 4 is 28.7 Å². The fourth-order valence-corrected chi connectivity index (χ4v) is 7.72. The first-order valence-corrected chi connectivity index (χ1v) is 16.2. The summed E-state index contributed by atoms with van der Waals surface area (Å²) >= 11 is 0. The van der Waals surface area contributed by atoms with Gasteiger partial charge in [-0.1, -0.05) is 31.1 Å². The Morgan fingerprint density at radius 2 is 1.77 bits per heavy atom. The number of aromatic nitrogens is 2. The number of rotatable bonds is 2. The summed E-state index contributed by atoms with van der Waals surface area (Å²) < 4.78 is 19.1. The zero-order chi connectivity index (χ0) is 30.8. The molecule has 2 saturated carbocycles. The van der Waals surface area contributed by atoms with E-state index in [0.717, 1.165) is 63.4 Å². The first kappa shape index (κ1) is 30.3. The summed E-state index contributed by atoms with van der Waals surface area (Å²) in [6, 6.07) is 4.84. The van der Waals surface area contributed by atoms with Crippen molar-refractivity contribution in [3.8, 4) is 6.01 Å². The van der Waals surface area contributed by atoms with Gasteiger partial charge in [-0.25, -0.2) is 4.79 Å². The lowest BCUT2D eigenvalue weighted by atomic mass is 9.86. The highest BCUT2D eigenvalue weighted by molar-refractivity contribution is 5.89. The quantitative estimate of drug-likeness (QED) is 0.363. The lowest BCUT2D eigenvalue weighted by molar-refractivity contribution is -0.158. The normalized spacial score (nSPS) is 29.3. The number of nitrogens with zero attached hydrogens (tertiary/aromatic N) is 3. The minimum absolute atomic E-state index is 0.00760. The van der Waals surface area contributed by atoms with Crippen molar-refractivity contribution in [2.75, 3.05) is 13.7 Å². The maximum atomic E-state index is 14.3. The van der Waals surface area contributed by atoms with Crippen LogP contribution in [-0.2, 0) is 30.4 Å². The van der Waals surface area contributed by atoms with E-state index >= 15 is 0 Å². The van der Waals surface area contributed by atoms with Crippen molar-refractivity contribution in [2.24, 2.45) is 17.8 Å². The fraction of sp³-hybridized carbons (Fsp3) is 0.618. The number of carbonyl (C=O) groups is 3. The third kappa shape index (κ3) is 6.26. The SMILES string of the molecule is COC(=O)[C@@H]1C[C@@H]2CN1C(=O)[C@H](C1CCCC1)CC(=O)O[C@@H]1CCC[C@H]1CC/C=C/Cn1c(nc3cc(C)ccc3c1=O)O2. The smallest absolute Gasteiger partial charge is 0.328 e. The van der Waals surface area contributed by atoms with Gasteiger partial charge in [-0.05, 0) is 81.4 Å². The number of ether oxygens (including phenoxy) is 3. The predicted octanol–water partition coefficient (Wildman–Crippen LogP) is 4.48. The molecule has 1 amide bonds. The summed E-state index contributed by atoms with van der Waals surface area (Å²) in [7, 11) is 1.31. The Morgan fingerprint density at radius 3 is 2.57 bits per heavy atom. The third-order valence-corrected chi connectivity index (χ3v) is 10.1. The average Bonchev–Trinajstić information content (AvgIpc) is 3.78. The number of carbonyl (C=O) groups excluding carboxylic acids is 3. The van der Waals surface area contributed by atoms with Crippen LogP contribution in [0.3, 0.4) is 0 Å². The molecule has 2 aromatic rings. The van der Waals surface area contributed by atoms with Crippen LogP contribution in [0.5, 0.6) is 6.01 Å². The summed E-state index contributed by atoms with van der Waals surface area (Å²) in [5, 5.41) is 0.504. The second-order valence-electron chi connectivity index (χ2n) is 13.0. The van der Waals surface area contributed by atoms with E-state index in [1.54, 1.807) is 6.07 Å². The largest absolute Gasteiger partial charge is 0.467 e. The van der Waals surface area contributed by atoms with E-state index in [9.17, 15) is 19.2 Å². The molecule has 2 aliphatic heterocycles. The Hall–Kier alpha value is -3.69. The van der Waals surface area contributed by atoms with Crippen LogP contribution in [0.2, 0.25) is 0 Å². The highest BCUT2D eigenvalue weighted by Gasteiger charge is 2.46. The van der Waals surface area contributed by atoms with Gasteiger partial charge in [0.2, 0.25) is 5.91 Å². The molecule has 4 aliphatic rings. The van der Waals surface area contributed by atoms with Crippen LogP contribution in [0.15, 0.2) is 35.1 Å². The molecular weight excluding hydrogens is 562 g/mol. The molecule has 10 heteroatoms. The zero-order valence-electron chi connectivity index (χ0n) is 25.7. The number of amides is 1. The molecule has 6 rings (SSSR count). The van der Waals surface area contributed by atoms with Crippen molar-refractivity contribution in [3.05, 3.63) is 46.3 Å². The van der Waals surface area contributed by atoms with E-state index < -0.39 is 24.0 Å². The van der Waals surface area contributed by atoms with Gasteiger partial charge >= 0.3 is 11.9 Å². The van der Waals surface area contributed by atoms with Crippen LogP contribution in [0.4, 0.5) is 0 Å². The van der Waals surface area contributed by atoms with Crippen molar-refractivity contribution < 1.29 is 28.6 Å². The number of hydrogen-bond acceptors (Lipinski definition) is 8. The topological polar surface area (TPSA) is 117 Å². The molecule has 3 fully saturated rings. The first-order chi connectivity index (χ1) is 21.3. The van der Waals surface area contributed by atoms with Gasteiger partial charge in [-0.15, -0.1) is 0 Å². The second kappa shape index (κ2) is 13.1. The maximum Gasteiger partial charge on any atom is 0.328 e. The van der Waals surface area contributed by atoms with Gasteiger partial charge in [0, 0.05) is 13.0 Å². The summed E-state index contributed by atoms with van der Waals surface area (Å²) in [5.41, 5.74) is 1.30. The molecule has 3 heterocycles. The highest BCUT2D eigenvalue weighted by Crippen LogP contribution is 2.38. The molecule has 2 aliphatic carbocycles. The lowest BCUT2D eigenvalue weighted by Crippen LogP contribution is -2.46. The number of aryl methyl sites for hydroxylation is 1. The summed E-state index contributed by atoms with van der Waals surface area (Å²) in [5.74, 6) is -1.35. The minimum atomic E-state index is -0.860. The molecule has 0 spiro atoms. The van der Waals surface area contributed by atoms with Crippen LogP contribution in [0.25, 0.3) is 10.9 Å². The zero-order valence-corrected chi connectivity index (χ0v) is 25.7. The van der Waals surface area contributed by atoms with E-state index in [0.29, 0.717) is 10.9 Å². The molecule has 236 valence electrons. The summed E-state index contributed by atoms with van der Waals surface area (Å²) in [4.78, 5) is 60.6. The Labute approximate surface area is 257 Å². The number of esters is 2. The molecule has 1 aromatic carbocycles. The molecule has 1 aromatic heterocycles. The van der Waals surface area contributed by atoms with Crippen LogP contribution in [0, 0.1) is 24.7 Å². The van der Waals surface area contributed by atoms with E-state index in [1.165, 1.54) is 16.6 Å². The molecule has 0 radical (unpaired) electrons. The second-order valence-corrected chi connectivity index (χ2v) is 13.0. The molecule has 44 heavy (non-hydrogen) atoms. The van der Waals surface area contributed by atoms with Crippen LogP contribution in [-0.4, -0.2) is 64.2 Å². The van der Waals surface area contributed by atoms with E-state index in [4.69, 9.17) is 19.2 Å². The van der Waals surface area contributed by atoms with Gasteiger partial charge in [0.05, 0.1) is 36.9 Å². The van der Waals surface area contributed by atoms with Gasteiger partial charge in [0.1, 0.15) is 18.2 Å². The van der Waals surface area contributed by atoms with Gasteiger partial charge in [-0.3, -0.25) is 19.0 Å². The number of benzene rings is 1. The number of fused-ring (bicyclic) bond motifs is 5.